The van der Waals surface area contributed by atoms with Gasteiger partial charge in [-0.05, 0) is 76.9 Å². The monoisotopic (exact) mass is 837 g/mol. The van der Waals surface area contributed by atoms with Crippen molar-refractivity contribution in [3.8, 4) is 56.4 Å². The molecule has 0 radical (unpaired) electrons. The lowest BCUT2D eigenvalue weighted by molar-refractivity contribution is 0.668. The van der Waals surface area contributed by atoms with Gasteiger partial charge in [0.2, 0.25) is 0 Å². The molecule has 0 N–H and O–H groups in total. The SMILES string of the molecule is c1ccc(-c2nc(-c3cccc4c3oc3ccccc34)nc(-c3cccc4oc5ccc(-c6cccc7oc8cccc(-c9ccc%10c(c9)sc9ccccc9%10)c8c67)cc5c34)n2)cc1. The Morgan fingerprint density at radius 1 is 0.297 bits per heavy atom. The smallest absolute Gasteiger partial charge is 0.167 e. The average molecular weight is 838 g/mol. The molecule has 0 amide bonds. The minimum absolute atomic E-state index is 0.528. The molecule has 5 aromatic heterocycles. The summed E-state index contributed by atoms with van der Waals surface area (Å²) in [5, 5.41) is 8.69. The van der Waals surface area contributed by atoms with Crippen LogP contribution in [0.4, 0.5) is 0 Å². The summed E-state index contributed by atoms with van der Waals surface area (Å²) in [5.41, 5.74) is 11.7. The molecule has 64 heavy (non-hydrogen) atoms. The lowest BCUT2D eigenvalue weighted by Crippen LogP contribution is -2.00. The van der Waals surface area contributed by atoms with Gasteiger partial charge >= 0.3 is 0 Å². The van der Waals surface area contributed by atoms with E-state index in [9.17, 15) is 0 Å². The summed E-state index contributed by atoms with van der Waals surface area (Å²) in [6.07, 6.45) is 0. The number of nitrogens with zero attached hydrogens (tertiary/aromatic N) is 3. The molecular formula is C57H31N3O3S. The maximum atomic E-state index is 6.63. The summed E-state index contributed by atoms with van der Waals surface area (Å²) in [6.45, 7) is 0. The minimum Gasteiger partial charge on any atom is -0.456 e. The van der Waals surface area contributed by atoms with E-state index in [2.05, 4.69) is 115 Å². The van der Waals surface area contributed by atoms with Crippen molar-refractivity contribution in [2.45, 2.75) is 0 Å². The first-order valence-corrected chi connectivity index (χ1v) is 22.1. The zero-order chi connectivity index (χ0) is 41.9. The van der Waals surface area contributed by atoms with Crippen LogP contribution in [0.25, 0.3) is 142 Å². The molecule has 0 saturated carbocycles. The van der Waals surface area contributed by atoms with Gasteiger partial charge in [0, 0.05) is 63.6 Å². The summed E-state index contributed by atoms with van der Waals surface area (Å²) in [7, 11) is 0. The number of hydrogen-bond donors (Lipinski definition) is 0. The fourth-order valence-electron chi connectivity index (χ4n) is 9.68. The van der Waals surface area contributed by atoms with Crippen molar-refractivity contribution in [1.82, 2.24) is 15.0 Å². The number of rotatable bonds is 5. The van der Waals surface area contributed by atoms with Crippen LogP contribution in [0.15, 0.2) is 201 Å². The normalized spacial score (nSPS) is 12.1. The molecule has 14 rings (SSSR count). The van der Waals surface area contributed by atoms with Gasteiger partial charge in [-0.2, -0.15) is 0 Å². The molecule has 7 heteroatoms. The number of fused-ring (bicyclic) bond motifs is 12. The Kier molecular flexibility index (Phi) is 7.46. The standard InChI is InChI=1S/C57H31N3O3S/c1-2-12-32(13-3-1)55-58-56(60-57(59-55)42-20-8-18-40-37-14-4-6-21-44(37)63-54(40)42)41-19-11-22-46-51(41)43-30-33(27-29-45(43)61-46)35-16-9-23-47-52(35)53-36(17-10-24-48(53)62-47)34-26-28-39-38-15-5-7-25-49(38)64-50(39)31-34/h1-31H. The zero-order valence-corrected chi connectivity index (χ0v) is 34.7. The molecule has 0 unspecified atom stereocenters. The number of aromatic nitrogens is 3. The molecule has 6 nitrogen and oxygen atoms in total. The van der Waals surface area contributed by atoms with Gasteiger partial charge in [-0.15, -0.1) is 11.3 Å². The topological polar surface area (TPSA) is 78.1 Å². The molecule has 9 aromatic carbocycles. The predicted octanol–water partition coefficient (Wildman–Crippen LogP) is 16.3. The van der Waals surface area contributed by atoms with Crippen LogP contribution in [0.3, 0.4) is 0 Å². The highest BCUT2D eigenvalue weighted by atomic mass is 32.1. The third kappa shape index (κ3) is 5.28. The van der Waals surface area contributed by atoms with Crippen LogP contribution < -0.4 is 0 Å². The average Bonchev–Trinajstić information content (AvgIpc) is 4.13. The summed E-state index contributed by atoms with van der Waals surface area (Å²) in [5.74, 6) is 1.64. The zero-order valence-electron chi connectivity index (χ0n) is 33.9. The third-order valence-corrected chi connectivity index (χ3v) is 13.7. The van der Waals surface area contributed by atoms with Crippen molar-refractivity contribution < 1.29 is 13.3 Å². The highest BCUT2D eigenvalue weighted by Gasteiger charge is 2.22. The van der Waals surface area contributed by atoms with Crippen molar-refractivity contribution in [1.29, 1.82) is 0 Å². The number of hydrogen-bond acceptors (Lipinski definition) is 7. The molecule has 0 atom stereocenters. The Hall–Kier alpha value is -8.39. The summed E-state index contributed by atoms with van der Waals surface area (Å²) in [6, 6.07) is 65.0. The van der Waals surface area contributed by atoms with Gasteiger partial charge in [-0.1, -0.05) is 133 Å². The predicted molar refractivity (Wildman–Crippen MR) is 262 cm³/mol. The first-order chi connectivity index (χ1) is 31.7. The van der Waals surface area contributed by atoms with Gasteiger partial charge in [0.05, 0.1) is 5.56 Å². The Balaban J connectivity index is 0.967. The molecule has 0 aliphatic rings. The van der Waals surface area contributed by atoms with Crippen molar-refractivity contribution in [2.24, 2.45) is 0 Å². The molecule has 14 aromatic rings. The van der Waals surface area contributed by atoms with E-state index in [1.165, 1.54) is 20.2 Å². The van der Waals surface area contributed by atoms with E-state index in [0.29, 0.717) is 17.5 Å². The minimum atomic E-state index is 0.528. The van der Waals surface area contributed by atoms with Crippen LogP contribution in [0, 0.1) is 0 Å². The molecule has 0 spiro atoms. The summed E-state index contributed by atoms with van der Waals surface area (Å²) < 4.78 is 22.3. The van der Waals surface area contributed by atoms with Gasteiger partial charge < -0.3 is 13.3 Å². The Morgan fingerprint density at radius 3 is 1.66 bits per heavy atom. The number of benzene rings is 9. The fraction of sp³-hybridized carbons (Fsp3) is 0. The molecule has 0 bridgehead atoms. The molecule has 0 saturated heterocycles. The number of furan rings is 3. The third-order valence-electron chi connectivity index (χ3n) is 12.6. The fourth-order valence-corrected chi connectivity index (χ4v) is 10.8. The Morgan fingerprint density at radius 2 is 0.844 bits per heavy atom. The number of para-hydroxylation sites is 2. The van der Waals surface area contributed by atoms with E-state index in [0.717, 1.165) is 105 Å². The van der Waals surface area contributed by atoms with Crippen molar-refractivity contribution in [2.75, 3.05) is 0 Å². The molecule has 5 heterocycles. The van der Waals surface area contributed by atoms with E-state index in [1.807, 2.05) is 84.1 Å². The van der Waals surface area contributed by atoms with Crippen LogP contribution >= 0.6 is 11.3 Å². The molecule has 0 fully saturated rings. The lowest BCUT2D eigenvalue weighted by Gasteiger charge is -2.10. The summed E-state index contributed by atoms with van der Waals surface area (Å²) in [4.78, 5) is 15.5. The van der Waals surface area contributed by atoms with E-state index in [1.54, 1.807) is 0 Å². The van der Waals surface area contributed by atoms with Crippen molar-refractivity contribution in [3.05, 3.63) is 188 Å². The van der Waals surface area contributed by atoms with E-state index >= 15 is 0 Å². The first-order valence-electron chi connectivity index (χ1n) is 21.2. The van der Waals surface area contributed by atoms with Crippen LogP contribution in [0.5, 0.6) is 0 Å². The molecular weight excluding hydrogens is 807 g/mol. The molecule has 0 aliphatic carbocycles. The van der Waals surface area contributed by atoms with Crippen LogP contribution in [-0.2, 0) is 0 Å². The molecule has 0 aliphatic heterocycles. The number of thiophene rings is 1. The Labute approximate surface area is 368 Å². The summed E-state index contributed by atoms with van der Waals surface area (Å²) >= 11 is 1.83. The highest BCUT2D eigenvalue weighted by Crippen LogP contribution is 2.45. The largest absolute Gasteiger partial charge is 0.456 e. The Bertz CT molecular complexity index is 4210. The quantitative estimate of drug-likeness (QED) is 0.172. The van der Waals surface area contributed by atoms with E-state index in [4.69, 9.17) is 28.2 Å². The maximum absolute atomic E-state index is 6.63. The molecule has 298 valence electrons. The lowest BCUT2D eigenvalue weighted by atomic mass is 9.93. The van der Waals surface area contributed by atoms with Crippen molar-refractivity contribution in [3.63, 3.8) is 0 Å². The van der Waals surface area contributed by atoms with Crippen LogP contribution in [0.2, 0.25) is 0 Å². The van der Waals surface area contributed by atoms with Crippen LogP contribution in [-0.4, -0.2) is 15.0 Å². The van der Waals surface area contributed by atoms with E-state index in [-0.39, 0.29) is 0 Å². The second-order valence-corrected chi connectivity index (χ2v) is 17.3. The van der Waals surface area contributed by atoms with Crippen LogP contribution in [0.1, 0.15) is 0 Å². The maximum Gasteiger partial charge on any atom is 0.167 e. The second kappa shape index (κ2) is 13.6. The van der Waals surface area contributed by atoms with Gasteiger partial charge in [0.25, 0.3) is 0 Å². The van der Waals surface area contributed by atoms with Gasteiger partial charge in [-0.3, -0.25) is 0 Å². The first kappa shape index (κ1) is 35.2. The van der Waals surface area contributed by atoms with Gasteiger partial charge in [-0.25, -0.2) is 15.0 Å². The van der Waals surface area contributed by atoms with Gasteiger partial charge in [0.1, 0.15) is 33.5 Å². The van der Waals surface area contributed by atoms with Gasteiger partial charge in [0.15, 0.2) is 17.5 Å². The van der Waals surface area contributed by atoms with E-state index < -0.39 is 0 Å². The highest BCUT2D eigenvalue weighted by molar-refractivity contribution is 7.25. The second-order valence-electron chi connectivity index (χ2n) is 16.2. The van der Waals surface area contributed by atoms with Crippen molar-refractivity contribution >= 4 is 97.3 Å².